The largest absolute Gasteiger partial charge is 0.493 e. The van der Waals surface area contributed by atoms with Crippen molar-refractivity contribution in [2.45, 2.75) is 0 Å². The number of hydrogen-bond donors (Lipinski definition) is 1. The first-order valence-corrected chi connectivity index (χ1v) is 7.20. The second-order valence-electron chi connectivity index (χ2n) is 4.89. The summed E-state index contributed by atoms with van der Waals surface area (Å²) in [6, 6.07) is 5.99. The van der Waals surface area contributed by atoms with Gasteiger partial charge in [-0.2, -0.15) is 0 Å². The van der Waals surface area contributed by atoms with Gasteiger partial charge in [-0.3, -0.25) is 4.79 Å². The third-order valence-electron chi connectivity index (χ3n) is 3.27. The molecule has 9 heteroatoms. The third-order valence-corrected chi connectivity index (χ3v) is 3.27. The number of hydrogen-bond acceptors (Lipinski definition) is 5. The average molecular weight is 369 g/mol. The normalized spacial score (nSPS) is 10.2. The number of para-hydroxylation sites is 1. The molecule has 0 aliphatic carbocycles. The van der Waals surface area contributed by atoms with Gasteiger partial charge < -0.3 is 19.5 Å². The summed E-state index contributed by atoms with van der Waals surface area (Å²) >= 11 is 0. The lowest BCUT2D eigenvalue weighted by Gasteiger charge is -2.12. The fraction of sp³-hybridized carbons (Fsp3) is 0.176. The molecule has 0 aliphatic heterocycles. The molecule has 2 rings (SSSR count). The lowest BCUT2D eigenvalue weighted by atomic mass is 10.2. The van der Waals surface area contributed by atoms with Crippen LogP contribution in [0.25, 0.3) is 0 Å². The Hall–Kier alpha value is -3.23. The van der Waals surface area contributed by atoms with Gasteiger partial charge >= 0.3 is 5.97 Å². The quantitative estimate of drug-likeness (QED) is 0.626. The Kier molecular flexibility index (Phi) is 6.05. The van der Waals surface area contributed by atoms with Gasteiger partial charge in [-0.25, -0.2) is 18.0 Å². The lowest BCUT2D eigenvalue weighted by molar-refractivity contribution is -0.119. The Bertz CT molecular complexity index is 841. The summed E-state index contributed by atoms with van der Waals surface area (Å²) in [4.78, 5) is 23.8. The highest BCUT2D eigenvalue weighted by molar-refractivity contribution is 5.97. The van der Waals surface area contributed by atoms with Crippen molar-refractivity contribution < 1.29 is 37.0 Å². The minimum Gasteiger partial charge on any atom is -0.493 e. The van der Waals surface area contributed by atoms with Gasteiger partial charge in [0.2, 0.25) is 0 Å². The van der Waals surface area contributed by atoms with Crippen molar-refractivity contribution in [1.82, 2.24) is 0 Å². The minimum absolute atomic E-state index is 0.0126. The van der Waals surface area contributed by atoms with Gasteiger partial charge in [-0.1, -0.05) is 6.07 Å². The van der Waals surface area contributed by atoms with Gasteiger partial charge in [0.15, 0.2) is 35.6 Å². The van der Waals surface area contributed by atoms with E-state index in [-0.39, 0.29) is 17.1 Å². The number of amides is 1. The number of methoxy groups -OCH3 is 2. The predicted octanol–water partition coefficient (Wildman–Crippen LogP) is 2.92. The van der Waals surface area contributed by atoms with Crippen LogP contribution in [0.3, 0.4) is 0 Å². The second-order valence-corrected chi connectivity index (χ2v) is 4.89. The van der Waals surface area contributed by atoms with Crippen molar-refractivity contribution in [3.63, 3.8) is 0 Å². The van der Waals surface area contributed by atoms with Crippen molar-refractivity contribution in [2.24, 2.45) is 0 Å². The first-order valence-electron chi connectivity index (χ1n) is 7.20. The average Bonchev–Trinajstić information content (AvgIpc) is 2.65. The van der Waals surface area contributed by atoms with E-state index in [4.69, 9.17) is 14.2 Å². The Labute approximate surface area is 146 Å². The van der Waals surface area contributed by atoms with Gasteiger partial charge in [0.25, 0.3) is 5.91 Å². The summed E-state index contributed by atoms with van der Waals surface area (Å²) in [5.41, 5.74) is -0.567. The molecule has 0 aromatic heterocycles. The third kappa shape index (κ3) is 4.05. The van der Waals surface area contributed by atoms with Crippen molar-refractivity contribution >= 4 is 17.6 Å². The molecular weight excluding hydrogens is 355 g/mol. The number of anilines is 1. The van der Waals surface area contributed by atoms with E-state index in [1.165, 1.54) is 26.4 Å². The van der Waals surface area contributed by atoms with E-state index >= 15 is 0 Å². The maximum Gasteiger partial charge on any atom is 0.342 e. The summed E-state index contributed by atoms with van der Waals surface area (Å²) < 4.78 is 54.4. The second kappa shape index (κ2) is 8.24. The standard InChI is InChI=1S/C17H14F3NO5/c1-24-12-5-3-4-9(16(12)25-2)17(23)26-8-13(22)21-11-7-6-10(18)14(19)15(11)20/h3-7H,8H2,1-2H3,(H,21,22). The molecule has 0 spiro atoms. The van der Waals surface area contributed by atoms with Crippen LogP contribution >= 0.6 is 0 Å². The fourth-order valence-corrected chi connectivity index (χ4v) is 2.07. The zero-order chi connectivity index (χ0) is 19.3. The topological polar surface area (TPSA) is 73.9 Å². The van der Waals surface area contributed by atoms with E-state index in [0.29, 0.717) is 6.07 Å². The Morgan fingerprint density at radius 3 is 2.38 bits per heavy atom. The molecular formula is C17H14F3NO5. The number of carbonyl (C=O) groups excluding carboxylic acids is 2. The van der Waals surface area contributed by atoms with Gasteiger partial charge in [-0.05, 0) is 24.3 Å². The zero-order valence-corrected chi connectivity index (χ0v) is 13.8. The molecule has 2 aromatic rings. The van der Waals surface area contributed by atoms with Crippen molar-refractivity contribution in [3.8, 4) is 11.5 Å². The highest BCUT2D eigenvalue weighted by Gasteiger charge is 2.20. The molecule has 0 saturated carbocycles. The Morgan fingerprint density at radius 1 is 1.00 bits per heavy atom. The van der Waals surface area contributed by atoms with Crippen LogP contribution < -0.4 is 14.8 Å². The molecule has 1 N–H and O–H groups in total. The Morgan fingerprint density at radius 2 is 1.73 bits per heavy atom. The fourth-order valence-electron chi connectivity index (χ4n) is 2.07. The molecule has 0 radical (unpaired) electrons. The van der Waals surface area contributed by atoms with Gasteiger partial charge in [0.1, 0.15) is 5.56 Å². The van der Waals surface area contributed by atoms with Gasteiger partial charge in [0, 0.05) is 0 Å². The van der Waals surface area contributed by atoms with Gasteiger partial charge in [0.05, 0.1) is 19.9 Å². The van der Waals surface area contributed by atoms with Crippen LogP contribution in [-0.4, -0.2) is 32.7 Å². The smallest absolute Gasteiger partial charge is 0.342 e. The first-order chi connectivity index (χ1) is 12.4. The maximum absolute atomic E-state index is 13.5. The SMILES string of the molecule is COc1cccc(C(=O)OCC(=O)Nc2ccc(F)c(F)c2F)c1OC. The molecule has 2 aromatic carbocycles. The van der Waals surface area contributed by atoms with Crippen LogP contribution in [-0.2, 0) is 9.53 Å². The van der Waals surface area contributed by atoms with Crippen LogP contribution in [0, 0.1) is 17.5 Å². The summed E-state index contributed by atoms with van der Waals surface area (Å²) in [6.45, 7) is -0.780. The van der Waals surface area contributed by atoms with Crippen molar-refractivity contribution in [3.05, 3.63) is 53.3 Å². The molecule has 0 atom stereocenters. The molecule has 0 unspecified atom stereocenters. The van der Waals surface area contributed by atoms with Gasteiger partial charge in [-0.15, -0.1) is 0 Å². The maximum atomic E-state index is 13.5. The molecule has 0 fully saturated rings. The summed E-state index contributed by atoms with van der Waals surface area (Å²) in [5, 5.41) is 1.98. The molecule has 0 bridgehead atoms. The lowest BCUT2D eigenvalue weighted by Crippen LogP contribution is -2.22. The predicted molar refractivity (Wildman–Crippen MR) is 84.8 cm³/mol. The Balaban J connectivity index is 2.04. The molecule has 0 aliphatic rings. The molecule has 1 amide bonds. The zero-order valence-electron chi connectivity index (χ0n) is 13.8. The summed E-state index contributed by atoms with van der Waals surface area (Å²) in [6.07, 6.45) is 0. The molecule has 26 heavy (non-hydrogen) atoms. The number of rotatable bonds is 6. The summed E-state index contributed by atoms with van der Waals surface area (Å²) in [5.74, 6) is -6.09. The number of carbonyl (C=O) groups is 2. The number of benzene rings is 2. The van der Waals surface area contributed by atoms with E-state index in [1.807, 2.05) is 5.32 Å². The van der Waals surface area contributed by atoms with E-state index < -0.39 is 41.6 Å². The monoisotopic (exact) mass is 369 g/mol. The molecule has 6 nitrogen and oxygen atoms in total. The first kappa shape index (κ1) is 19.1. The van der Waals surface area contributed by atoms with E-state index in [1.54, 1.807) is 6.07 Å². The van der Waals surface area contributed by atoms with E-state index in [0.717, 1.165) is 6.07 Å². The number of nitrogens with one attached hydrogen (secondary N) is 1. The van der Waals surface area contributed by atoms with Crippen LogP contribution in [0.15, 0.2) is 30.3 Å². The van der Waals surface area contributed by atoms with Crippen LogP contribution in [0.1, 0.15) is 10.4 Å². The molecule has 0 saturated heterocycles. The number of ether oxygens (including phenoxy) is 3. The van der Waals surface area contributed by atoms with Crippen molar-refractivity contribution in [2.75, 3.05) is 26.1 Å². The molecule has 0 heterocycles. The highest BCUT2D eigenvalue weighted by Crippen LogP contribution is 2.31. The highest BCUT2D eigenvalue weighted by atomic mass is 19.2. The molecule has 138 valence electrons. The van der Waals surface area contributed by atoms with Crippen LogP contribution in [0.2, 0.25) is 0 Å². The summed E-state index contributed by atoms with van der Waals surface area (Å²) in [7, 11) is 2.71. The van der Waals surface area contributed by atoms with Crippen LogP contribution in [0.5, 0.6) is 11.5 Å². The van der Waals surface area contributed by atoms with Crippen LogP contribution in [0.4, 0.5) is 18.9 Å². The van der Waals surface area contributed by atoms with E-state index in [9.17, 15) is 22.8 Å². The minimum atomic E-state index is -1.72. The van der Waals surface area contributed by atoms with Crippen molar-refractivity contribution in [1.29, 1.82) is 0 Å². The van der Waals surface area contributed by atoms with E-state index in [2.05, 4.69) is 0 Å². The number of halogens is 3. The number of esters is 1.